The number of hydrogen-bond acceptors (Lipinski definition) is 4. The molecule has 3 heterocycles. The smallest absolute Gasteiger partial charge is 0.134 e. The lowest BCUT2D eigenvalue weighted by atomic mass is 9.93. The Balaban J connectivity index is 1.62. The molecule has 5 nitrogen and oxygen atoms in total. The summed E-state index contributed by atoms with van der Waals surface area (Å²) < 4.78 is 1.91. The standard InChI is InChI=1S/C20H23N5/c1-2-5-17-12-18(9-11-21-17)25-14-15(13-23-25)19-8-4-10-22-20(19)24-16-6-3-7-16/h4,8-14,16H,2-3,5-7H2,1H3,(H,22,24). The first-order chi connectivity index (χ1) is 12.3. The summed E-state index contributed by atoms with van der Waals surface area (Å²) in [5, 5.41) is 8.11. The van der Waals surface area contributed by atoms with Gasteiger partial charge in [-0.2, -0.15) is 5.10 Å². The molecule has 0 spiro atoms. The van der Waals surface area contributed by atoms with Gasteiger partial charge in [-0.15, -0.1) is 0 Å². The Morgan fingerprint density at radius 2 is 2.12 bits per heavy atom. The SMILES string of the molecule is CCCc1cc(-n2cc(-c3cccnc3NC3CCC3)cn2)ccn1. The summed E-state index contributed by atoms with van der Waals surface area (Å²) >= 11 is 0. The van der Waals surface area contributed by atoms with Crippen molar-refractivity contribution in [1.29, 1.82) is 0 Å². The first kappa shape index (κ1) is 15.8. The van der Waals surface area contributed by atoms with Gasteiger partial charge in [-0.3, -0.25) is 4.98 Å². The van der Waals surface area contributed by atoms with E-state index in [0.717, 1.165) is 41.2 Å². The number of hydrogen-bond donors (Lipinski definition) is 1. The van der Waals surface area contributed by atoms with Crippen LogP contribution in [0.15, 0.2) is 49.1 Å². The molecule has 4 rings (SSSR count). The number of rotatable bonds is 6. The average Bonchev–Trinajstić information content (AvgIpc) is 3.09. The zero-order chi connectivity index (χ0) is 17.1. The zero-order valence-corrected chi connectivity index (χ0v) is 14.5. The second-order valence-electron chi connectivity index (χ2n) is 6.60. The quantitative estimate of drug-likeness (QED) is 0.733. The van der Waals surface area contributed by atoms with Crippen molar-refractivity contribution in [3.8, 4) is 16.8 Å². The largest absolute Gasteiger partial charge is 0.367 e. The van der Waals surface area contributed by atoms with Crippen LogP contribution in [0, 0.1) is 0 Å². The van der Waals surface area contributed by atoms with Gasteiger partial charge in [0.2, 0.25) is 0 Å². The van der Waals surface area contributed by atoms with Crippen molar-refractivity contribution in [3.63, 3.8) is 0 Å². The van der Waals surface area contributed by atoms with E-state index < -0.39 is 0 Å². The summed E-state index contributed by atoms with van der Waals surface area (Å²) in [7, 11) is 0. The van der Waals surface area contributed by atoms with Crippen LogP contribution in [0.5, 0.6) is 0 Å². The van der Waals surface area contributed by atoms with Crippen LogP contribution in [0.2, 0.25) is 0 Å². The first-order valence-electron chi connectivity index (χ1n) is 9.05. The number of anilines is 1. The Hall–Kier alpha value is -2.69. The monoisotopic (exact) mass is 333 g/mol. The van der Waals surface area contributed by atoms with Crippen molar-refractivity contribution in [3.05, 3.63) is 54.7 Å². The van der Waals surface area contributed by atoms with E-state index in [2.05, 4.69) is 45.6 Å². The third kappa shape index (κ3) is 3.40. The van der Waals surface area contributed by atoms with E-state index in [1.165, 1.54) is 19.3 Å². The number of aromatic nitrogens is 4. The van der Waals surface area contributed by atoms with Crippen molar-refractivity contribution in [2.75, 3.05) is 5.32 Å². The number of pyridine rings is 2. The van der Waals surface area contributed by atoms with Crippen molar-refractivity contribution in [1.82, 2.24) is 19.7 Å². The van der Waals surface area contributed by atoms with Crippen LogP contribution in [0.4, 0.5) is 5.82 Å². The maximum Gasteiger partial charge on any atom is 0.134 e. The van der Waals surface area contributed by atoms with E-state index in [1.807, 2.05) is 35.4 Å². The van der Waals surface area contributed by atoms with Crippen LogP contribution in [-0.4, -0.2) is 25.8 Å². The fraction of sp³-hybridized carbons (Fsp3) is 0.350. The minimum Gasteiger partial charge on any atom is -0.367 e. The highest BCUT2D eigenvalue weighted by atomic mass is 15.3. The van der Waals surface area contributed by atoms with E-state index >= 15 is 0 Å². The molecular weight excluding hydrogens is 310 g/mol. The maximum absolute atomic E-state index is 4.55. The minimum absolute atomic E-state index is 0.556. The molecule has 128 valence electrons. The lowest BCUT2D eigenvalue weighted by Crippen LogP contribution is -2.27. The number of nitrogens with zero attached hydrogens (tertiary/aromatic N) is 4. The molecule has 0 atom stereocenters. The topological polar surface area (TPSA) is 55.6 Å². The highest BCUT2D eigenvalue weighted by molar-refractivity contribution is 5.74. The Morgan fingerprint density at radius 3 is 2.92 bits per heavy atom. The molecule has 0 unspecified atom stereocenters. The van der Waals surface area contributed by atoms with E-state index in [9.17, 15) is 0 Å². The molecule has 25 heavy (non-hydrogen) atoms. The molecule has 0 amide bonds. The molecule has 0 bridgehead atoms. The Morgan fingerprint density at radius 1 is 1.20 bits per heavy atom. The Labute approximate surface area is 148 Å². The van der Waals surface area contributed by atoms with Crippen molar-refractivity contribution in [2.45, 2.75) is 45.1 Å². The molecule has 0 radical (unpaired) electrons. The minimum atomic E-state index is 0.556. The third-order valence-corrected chi connectivity index (χ3v) is 4.72. The molecule has 0 aliphatic heterocycles. The van der Waals surface area contributed by atoms with Gasteiger partial charge < -0.3 is 5.32 Å². The van der Waals surface area contributed by atoms with E-state index in [4.69, 9.17) is 0 Å². The number of nitrogens with one attached hydrogen (secondary N) is 1. The lowest BCUT2D eigenvalue weighted by molar-refractivity contribution is 0.444. The summed E-state index contributed by atoms with van der Waals surface area (Å²) in [6.45, 7) is 2.17. The van der Waals surface area contributed by atoms with Gasteiger partial charge in [0.05, 0.1) is 11.9 Å². The van der Waals surface area contributed by atoms with Crippen LogP contribution >= 0.6 is 0 Å². The van der Waals surface area contributed by atoms with Crippen LogP contribution in [0.3, 0.4) is 0 Å². The maximum atomic E-state index is 4.55. The molecule has 1 aliphatic carbocycles. The van der Waals surface area contributed by atoms with Gasteiger partial charge in [0.1, 0.15) is 5.82 Å². The molecule has 1 fully saturated rings. The van der Waals surface area contributed by atoms with E-state index in [-0.39, 0.29) is 0 Å². The molecule has 3 aromatic heterocycles. The molecule has 0 aromatic carbocycles. The Kier molecular flexibility index (Phi) is 4.46. The van der Waals surface area contributed by atoms with Gasteiger partial charge in [0.25, 0.3) is 0 Å². The predicted octanol–water partition coefficient (Wildman–Crippen LogP) is 4.25. The summed E-state index contributed by atoms with van der Waals surface area (Å²) in [6, 6.07) is 8.74. The summed E-state index contributed by atoms with van der Waals surface area (Å²) in [6.07, 6.45) is 13.5. The molecular formula is C20H23N5. The summed E-state index contributed by atoms with van der Waals surface area (Å²) in [5.41, 5.74) is 4.32. The normalized spacial score (nSPS) is 14.3. The second kappa shape index (κ2) is 7.05. The van der Waals surface area contributed by atoms with Crippen LogP contribution in [-0.2, 0) is 6.42 Å². The van der Waals surface area contributed by atoms with E-state index in [0.29, 0.717) is 6.04 Å². The van der Waals surface area contributed by atoms with Crippen molar-refractivity contribution in [2.24, 2.45) is 0 Å². The molecule has 3 aromatic rings. The molecule has 5 heteroatoms. The van der Waals surface area contributed by atoms with Crippen molar-refractivity contribution < 1.29 is 0 Å². The van der Waals surface area contributed by atoms with Gasteiger partial charge in [0.15, 0.2) is 0 Å². The highest BCUT2D eigenvalue weighted by Gasteiger charge is 2.19. The predicted molar refractivity (Wildman–Crippen MR) is 99.8 cm³/mol. The fourth-order valence-electron chi connectivity index (χ4n) is 3.10. The summed E-state index contributed by atoms with van der Waals surface area (Å²) in [4.78, 5) is 8.96. The molecule has 1 aliphatic rings. The van der Waals surface area contributed by atoms with Crippen LogP contribution < -0.4 is 5.32 Å². The zero-order valence-electron chi connectivity index (χ0n) is 14.5. The van der Waals surface area contributed by atoms with Gasteiger partial charge in [0, 0.05) is 41.5 Å². The van der Waals surface area contributed by atoms with Crippen LogP contribution in [0.25, 0.3) is 16.8 Å². The third-order valence-electron chi connectivity index (χ3n) is 4.72. The van der Waals surface area contributed by atoms with Gasteiger partial charge in [-0.05, 0) is 49.9 Å². The Bertz CT molecular complexity index is 851. The van der Waals surface area contributed by atoms with Crippen LogP contribution in [0.1, 0.15) is 38.3 Å². The van der Waals surface area contributed by atoms with Gasteiger partial charge >= 0.3 is 0 Å². The summed E-state index contributed by atoms with van der Waals surface area (Å²) in [5.74, 6) is 0.952. The first-order valence-corrected chi connectivity index (χ1v) is 9.05. The van der Waals surface area contributed by atoms with E-state index in [1.54, 1.807) is 0 Å². The van der Waals surface area contributed by atoms with Gasteiger partial charge in [-0.1, -0.05) is 13.3 Å². The fourth-order valence-corrected chi connectivity index (χ4v) is 3.10. The highest BCUT2D eigenvalue weighted by Crippen LogP contribution is 2.30. The average molecular weight is 333 g/mol. The van der Waals surface area contributed by atoms with Crippen molar-refractivity contribution >= 4 is 5.82 Å². The molecule has 1 N–H and O–H groups in total. The lowest BCUT2D eigenvalue weighted by Gasteiger charge is -2.27. The van der Waals surface area contributed by atoms with Gasteiger partial charge in [-0.25, -0.2) is 9.67 Å². The molecule has 1 saturated carbocycles. The molecule has 0 saturated heterocycles. The number of aryl methyl sites for hydroxylation is 1. The second-order valence-corrected chi connectivity index (χ2v) is 6.60.